The number of nitrogens with zero attached hydrogens (tertiary/aromatic N) is 1. The molecule has 2 fully saturated rings. The van der Waals surface area contributed by atoms with Gasteiger partial charge < -0.3 is 9.84 Å². The molecule has 1 N–H and O–H groups in total. The van der Waals surface area contributed by atoms with Crippen LogP contribution < -0.4 is 0 Å². The van der Waals surface area contributed by atoms with Crippen molar-refractivity contribution in [1.82, 2.24) is 4.90 Å². The maximum atomic E-state index is 12.7. The van der Waals surface area contributed by atoms with Crippen LogP contribution in [0.1, 0.15) is 58.3 Å². The zero-order valence-electron chi connectivity index (χ0n) is 16.8. The van der Waals surface area contributed by atoms with E-state index in [1.165, 1.54) is 38.5 Å². The molecule has 5 heteroatoms. The van der Waals surface area contributed by atoms with E-state index in [-0.39, 0.29) is 18.1 Å². The van der Waals surface area contributed by atoms with Gasteiger partial charge in [-0.05, 0) is 50.0 Å². The summed E-state index contributed by atoms with van der Waals surface area (Å²) >= 11 is 6.22. The minimum Gasteiger partial charge on any atom is -0.462 e. The minimum absolute atomic E-state index is 0.172. The van der Waals surface area contributed by atoms with Crippen LogP contribution in [0.4, 0.5) is 0 Å². The largest absolute Gasteiger partial charge is 0.462 e. The number of aliphatic hydroxyl groups excluding tert-OH is 1. The molecule has 0 aromatic rings. The Morgan fingerprint density at radius 1 is 1.25 bits per heavy atom. The number of piperidine rings is 1. The SMILES string of the molecule is C[C@H]1/C=C\[C@@H](O)/C=C(\Cl)CCOC(=O)C2=CC[C@H]3CCC[C@]4(CCCC14)N3C2. The van der Waals surface area contributed by atoms with E-state index in [1.54, 1.807) is 6.08 Å². The molecule has 4 aliphatic rings. The highest BCUT2D eigenvalue weighted by atomic mass is 35.5. The number of esters is 1. The average molecular weight is 406 g/mol. The van der Waals surface area contributed by atoms with Crippen LogP contribution in [0, 0.1) is 11.8 Å². The summed E-state index contributed by atoms with van der Waals surface area (Å²) < 4.78 is 5.50. The topological polar surface area (TPSA) is 49.8 Å². The first-order valence-electron chi connectivity index (χ1n) is 10.8. The maximum Gasteiger partial charge on any atom is 0.335 e. The Morgan fingerprint density at radius 2 is 2.04 bits per heavy atom. The van der Waals surface area contributed by atoms with Gasteiger partial charge in [0.15, 0.2) is 0 Å². The first-order valence-corrected chi connectivity index (χ1v) is 11.2. The summed E-state index contributed by atoms with van der Waals surface area (Å²) in [4.78, 5) is 15.3. The Bertz CT molecular complexity index is 700. The van der Waals surface area contributed by atoms with Gasteiger partial charge in [0.1, 0.15) is 0 Å². The summed E-state index contributed by atoms with van der Waals surface area (Å²) in [6, 6.07) is 0.541. The third-order valence-electron chi connectivity index (χ3n) is 7.39. The predicted molar refractivity (Wildman–Crippen MR) is 111 cm³/mol. The smallest absolute Gasteiger partial charge is 0.335 e. The fraction of sp³-hybridized carbons (Fsp3) is 0.696. The van der Waals surface area contributed by atoms with Crippen LogP contribution in [0.3, 0.4) is 0 Å². The van der Waals surface area contributed by atoms with E-state index in [4.69, 9.17) is 16.3 Å². The molecule has 28 heavy (non-hydrogen) atoms. The number of rotatable bonds is 0. The number of fused-ring (bicyclic) bond motifs is 1. The van der Waals surface area contributed by atoms with Crippen molar-refractivity contribution < 1.29 is 14.6 Å². The summed E-state index contributed by atoms with van der Waals surface area (Å²) in [5, 5.41) is 10.8. The second kappa shape index (κ2) is 8.33. The van der Waals surface area contributed by atoms with Crippen LogP contribution in [-0.4, -0.2) is 46.8 Å². The third-order valence-corrected chi connectivity index (χ3v) is 7.70. The van der Waals surface area contributed by atoms with Gasteiger partial charge in [0.2, 0.25) is 0 Å². The molecule has 4 nitrogen and oxygen atoms in total. The molecule has 0 amide bonds. The number of carbonyl (C=O) groups is 1. The van der Waals surface area contributed by atoms with Gasteiger partial charge in [0, 0.05) is 35.2 Å². The number of aliphatic hydroxyl groups is 1. The van der Waals surface area contributed by atoms with Crippen molar-refractivity contribution in [3.63, 3.8) is 0 Å². The number of hydrogen-bond acceptors (Lipinski definition) is 4. The highest BCUT2D eigenvalue weighted by molar-refractivity contribution is 6.29. The number of hydrogen-bond donors (Lipinski definition) is 1. The van der Waals surface area contributed by atoms with Crippen LogP contribution in [0.15, 0.2) is 34.9 Å². The van der Waals surface area contributed by atoms with E-state index in [0.717, 1.165) is 12.0 Å². The number of ether oxygens (including phenoxy) is 1. The maximum absolute atomic E-state index is 12.7. The number of allylic oxidation sites excluding steroid dienone is 1. The Balaban J connectivity index is 1.69. The Labute approximate surface area is 173 Å². The molecule has 1 saturated carbocycles. The fourth-order valence-corrected chi connectivity index (χ4v) is 6.30. The van der Waals surface area contributed by atoms with Gasteiger partial charge in [-0.15, -0.1) is 0 Å². The molecule has 3 heterocycles. The molecule has 4 rings (SSSR count). The summed E-state index contributed by atoms with van der Waals surface area (Å²) in [5.41, 5.74) is 0.979. The third kappa shape index (κ3) is 3.83. The quantitative estimate of drug-likeness (QED) is 0.481. The monoisotopic (exact) mass is 405 g/mol. The zero-order chi connectivity index (χ0) is 19.7. The Morgan fingerprint density at radius 3 is 2.86 bits per heavy atom. The molecule has 0 radical (unpaired) electrons. The van der Waals surface area contributed by atoms with Gasteiger partial charge in [-0.2, -0.15) is 0 Å². The fourth-order valence-electron chi connectivity index (χ4n) is 6.10. The zero-order valence-corrected chi connectivity index (χ0v) is 17.5. The van der Waals surface area contributed by atoms with E-state index in [1.807, 2.05) is 6.08 Å². The van der Waals surface area contributed by atoms with Crippen molar-refractivity contribution in [2.75, 3.05) is 13.2 Å². The van der Waals surface area contributed by atoms with Crippen LogP contribution in [0.5, 0.6) is 0 Å². The number of halogens is 1. The van der Waals surface area contributed by atoms with E-state index < -0.39 is 6.10 Å². The summed E-state index contributed by atoms with van der Waals surface area (Å²) in [5.74, 6) is 0.730. The minimum atomic E-state index is -0.700. The lowest BCUT2D eigenvalue weighted by atomic mass is 9.70. The molecule has 5 atom stereocenters. The van der Waals surface area contributed by atoms with Crippen molar-refractivity contribution in [3.05, 3.63) is 34.9 Å². The molecular formula is C23H32ClNO3. The average Bonchev–Trinajstić information content (AvgIpc) is 3.09. The summed E-state index contributed by atoms with van der Waals surface area (Å²) in [6.45, 7) is 3.24. The normalized spacial score (nSPS) is 42.9. The van der Waals surface area contributed by atoms with E-state index in [2.05, 4.69) is 24.0 Å². The predicted octanol–water partition coefficient (Wildman–Crippen LogP) is 4.33. The van der Waals surface area contributed by atoms with Crippen LogP contribution in [0.25, 0.3) is 0 Å². The van der Waals surface area contributed by atoms with Crippen molar-refractivity contribution in [3.8, 4) is 0 Å². The van der Waals surface area contributed by atoms with Crippen molar-refractivity contribution in [2.24, 2.45) is 11.8 Å². The van der Waals surface area contributed by atoms with E-state index >= 15 is 0 Å². The number of cyclic esters (lactones) is 1. The van der Waals surface area contributed by atoms with Crippen molar-refractivity contribution in [2.45, 2.75) is 76.0 Å². The van der Waals surface area contributed by atoms with Gasteiger partial charge in [-0.1, -0.05) is 49.6 Å². The summed E-state index contributed by atoms with van der Waals surface area (Å²) in [6.07, 6.45) is 15.8. The lowest BCUT2D eigenvalue weighted by molar-refractivity contribution is -0.140. The van der Waals surface area contributed by atoms with Gasteiger partial charge in [-0.25, -0.2) is 4.79 Å². The lowest BCUT2D eigenvalue weighted by Crippen LogP contribution is -2.61. The molecule has 1 aliphatic carbocycles. The van der Waals surface area contributed by atoms with E-state index in [9.17, 15) is 9.90 Å². The van der Waals surface area contributed by atoms with Crippen LogP contribution in [-0.2, 0) is 9.53 Å². The molecule has 1 saturated heterocycles. The second-order valence-electron chi connectivity index (χ2n) is 8.98. The van der Waals surface area contributed by atoms with E-state index in [0.29, 0.717) is 35.9 Å². The molecule has 3 aliphatic heterocycles. The molecule has 0 aromatic heterocycles. The Kier molecular flexibility index (Phi) is 6.01. The number of carbonyl (C=O) groups excluding carboxylic acids is 1. The van der Waals surface area contributed by atoms with Gasteiger partial charge >= 0.3 is 5.97 Å². The molecule has 2 bridgehead atoms. The van der Waals surface area contributed by atoms with Crippen LogP contribution >= 0.6 is 11.6 Å². The van der Waals surface area contributed by atoms with Gasteiger partial charge in [0.05, 0.1) is 12.7 Å². The molecule has 1 unspecified atom stereocenters. The van der Waals surface area contributed by atoms with Crippen molar-refractivity contribution >= 4 is 17.6 Å². The first-order chi connectivity index (χ1) is 13.5. The highest BCUT2D eigenvalue weighted by Gasteiger charge is 2.52. The molecule has 1 spiro atoms. The highest BCUT2D eigenvalue weighted by Crippen LogP contribution is 2.52. The summed E-state index contributed by atoms with van der Waals surface area (Å²) in [7, 11) is 0. The van der Waals surface area contributed by atoms with Gasteiger partial charge in [-0.3, -0.25) is 4.90 Å². The molecule has 0 aromatic carbocycles. The lowest BCUT2D eigenvalue weighted by Gasteiger charge is -2.55. The standard InChI is InChI=1S/C23H32ClNO3/c1-16-6-9-20(26)14-18(24)10-13-28-22(27)17-7-8-19-4-2-11-23(25(19)15-17)12-3-5-21(16)23/h6-7,9,14,16,19-21,26H,2-5,8,10-13,15H2,1H3/b9-6-,18-14-/t16-,19+,20+,21?,23+/m0/s1. The second-order valence-corrected chi connectivity index (χ2v) is 9.46. The first kappa shape index (κ1) is 20.2. The van der Waals surface area contributed by atoms with Crippen LogP contribution in [0.2, 0.25) is 0 Å². The molecular weight excluding hydrogens is 374 g/mol. The van der Waals surface area contributed by atoms with Crippen molar-refractivity contribution in [1.29, 1.82) is 0 Å². The molecule has 154 valence electrons. The van der Waals surface area contributed by atoms with Gasteiger partial charge in [0.25, 0.3) is 0 Å². The Hall–Kier alpha value is -1.10.